The van der Waals surface area contributed by atoms with Gasteiger partial charge in [0.05, 0.1) is 23.3 Å². The first-order valence-electron chi connectivity index (χ1n) is 13.0. The smallest absolute Gasteiger partial charge is 0.198 e. The summed E-state index contributed by atoms with van der Waals surface area (Å²) in [6.07, 6.45) is -1.95. The minimum atomic E-state index is -1.91. The van der Waals surface area contributed by atoms with E-state index in [1.54, 1.807) is 19.1 Å². The molecular weight excluding hydrogens is 488 g/mol. The zero-order chi connectivity index (χ0) is 27.9. The molecule has 5 rings (SSSR count). The van der Waals surface area contributed by atoms with Gasteiger partial charge in [0.1, 0.15) is 17.1 Å². The second-order valence-electron chi connectivity index (χ2n) is 11.8. The van der Waals surface area contributed by atoms with E-state index >= 15 is 0 Å². The van der Waals surface area contributed by atoms with Gasteiger partial charge in [0.2, 0.25) is 0 Å². The molecule has 0 amide bonds. The number of Topliss-reactive ketones (excluding diaryl/α,β-unsaturated/α-hetero) is 1. The summed E-state index contributed by atoms with van der Waals surface area (Å²) in [6, 6.07) is 4.85. The van der Waals surface area contributed by atoms with Crippen LogP contribution in [0.1, 0.15) is 102 Å². The van der Waals surface area contributed by atoms with Gasteiger partial charge in [-0.25, -0.2) is 0 Å². The molecule has 1 fully saturated rings. The average Bonchev–Trinajstić information content (AvgIpc) is 2.83. The van der Waals surface area contributed by atoms with Crippen LogP contribution in [0.25, 0.3) is 0 Å². The number of benzene rings is 2. The Balaban J connectivity index is 1.67. The standard InChI is InChI=1S/C30H34O8/c1-13-8-7-9-17-21(13)27(34)24-23(25(17)32)26(33)18-11-30(36,15(3)31)12-19(22(18)28(24)35)38-20-10-14(2)29(5,6)16(4)37-20/h7-9,14,16,19-20,33,35-36H,10-12H2,1-6H3/t14?,16?,19-,20?,30-/m0/s1. The SMILES string of the molecule is CC(=O)[C@]1(O)Cc2c(O)c3c(c(O)c2[C@@H](OC2CC(C)C(C)(C)C(C)O2)C1)C(=O)c1c(C)cccc1C3=O. The highest BCUT2D eigenvalue weighted by molar-refractivity contribution is 6.31. The zero-order valence-corrected chi connectivity index (χ0v) is 22.5. The largest absolute Gasteiger partial charge is 0.507 e. The fourth-order valence-corrected chi connectivity index (χ4v) is 6.06. The number of aliphatic hydroxyl groups is 1. The van der Waals surface area contributed by atoms with Crippen LogP contribution in [-0.2, 0) is 20.7 Å². The summed E-state index contributed by atoms with van der Waals surface area (Å²) >= 11 is 0. The van der Waals surface area contributed by atoms with Crippen LogP contribution >= 0.6 is 0 Å². The number of aromatic hydroxyl groups is 2. The lowest BCUT2D eigenvalue weighted by atomic mass is 9.71. The van der Waals surface area contributed by atoms with E-state index in [-0.39, 0.29) is 63.7 Å². The Morgan fingerprint density at radius 2 is 1.71 bits per heavy atom. The van der Waals surface area contributed by atoms with E-state index in [9.17, 15) is 29.7 Å². The number of rotatable bonds is 3. The Hall–Kier alpha value is -3.07. The molecule has 0 aromatic heterocycles. The Morgan fingerprint density at radius 3 is 2.34 bits per heavy atom. The fraction of sp³-hybridized carbons (Fsp3) is 0.500. The Labute approximate surface area is 221 Å². The molecule has 1 heterocycles. The quantitative estimate of drug-likeness (QED) is 0.434. The minimum Gasteiger partial charge on any atom is -0.507 e. The van der Waals surface area contributed by atoms with E-state index < -0.39 is 46.8 Å². The van der Waals surface area contributed by atoms with Crippen molar-refractivity contribution in [3.8, 4) is 11.5 Å². The summed E-state index contributed by atoms with van der Waals surface area (Å²) in [7, 11) is 0. The lowest BCUT2D eigenvalue weighted by molar-refractivity contribution is -0.260. The Morgan fingerprint density at radius 1 is 1.05 bits per heavy atom. The van der Waals surface area contributed by atoms with E-state index in [0.29, 0.717) is 12.0 Å². The maximum absolute atomic E-state index is 13.6. The molecule has 0 saturated carbocycles. The summed E-state index contributed by atoms with van der Waals surface area (Å²) in [4.78, 5) is 39.7. The van der Waals surface area contributed by atoms with E-state index in [2.05, 4.69) is 20.8 Å². The minimum absolute atomic E-state index is 0.0182. The predicted octanol–water partition coefficient (Wildman–Crippen LogP) is 4.30. The van der Waals surface area contributed by atoms with E-state index in [0.717, 1.165) is 0 Å². The molecule has 2 aromatic rings. The summed E-state index contributed by atoms with van der Waals surface area (Å²) in [5.41, 5.74) is -1.64. The topological polar surface area (TPSA) is 130 Å². The van der Waals surface area contributed by atoms with Gasteiger partial charge in [0.25, 0.3) is 0 Å². The normalized spacial score (nSPS) is 29.9. The number of carbonyl (C=O) groups excluding carboxylic acids is 3. The molecular formula is C30H34O8. The molecule has 5 atom stereocenters. The molecule has 3 aliphatic rings. The van der Waals surface area contributed by atoms with Crippen molar-refractivity contribution >= 4 is 17.3 Å². The van der Waals surface area contributed by atoms with Gasteiger partial charge < -0.3 is 24.8 Å². The van der Waals surface area contributed by atoms with Gasteiger partial charge in [0.15, 0.2) is 23.6 Å². The number of carbonyl (C=O) groups is 3. The van der Waals surface area contributed by atoms with Gasteiger partial charge in [-0.2, -0.15) is 0 Å². The van der Waals surface area contributed by atoms with Crippen molar-refractivity contribution in [2.75, 3.05) is 0 Å². The highest BCUT2D eigenvalue weighted by Crippen LogP contribution is 2.52. The van der Waals surface area contributed by atoms with Crippen LogP contribution in [0.2, 0.25) is 0 Å². The summed E-state index contributed by atoms with van der Waals surface area (Å²) in [5.74, 6) is -2.51. The lowest BCUT2D eigenvalue weighted by Gasteiger charge is -2.47. The van der Waals surface area contributed by atoms with Gasteiger partial charge in [-0.1, -0.05) is 39.0 Å². The highest BCUT2D eigenvalue weighted by Gasteiger charge is 2.49. The molecule has 3 unspecified atom stereocenters. The monoisotopic (exact) mass is 522 g/mol. The lowest BCUT2D eigenvalue weighted by Crippen LogP contribution is -2.48. The third kappa shape index (κ3) is 3.73. The first kappa shape index (κ1) is 26.5. The molecule has 202 valence electrons. The second kappa shape index (κ2) is 8.73. The van der Waals surface area contributed by atoms with Gasteiger partial charge in [0, 0.05) is 41.5 Å². The summed E-state index contributed by atoms with van der Waals surface area (Å²) < 4.78 is 12.5. The molecule has 8 nitrogen and oxygen atoms in total. The van der Waals surface area contributed by atoms with Gasteiger partial charge >= 0.3 is 0 Å². The van der Waals surface area contributed by atoms with Gasteiger partial charge in [-0.15, -0.1) is 0 Å². The molecule has 0 radical (unpaired) electrons. The molecule has 38 heavy (non-hydrogen) atoms. The van der Waals surface area contributed by atoms with Gasteiger partial charge in [-0.3, -0.25) is 14.4 Å². The van der Waals surface area contributed by atoms with Crippen molar-refractivity contribution in [1.29, 1.82) is 0 Å². The molecule has 0 spiro atoms. The van der Waals surface area contributed by atoms with Crippen LogP contribution in [0, 0.1) is 18.3 Å². The number of phenols is 2. The van der Waals surface area contributed by atoms with Crippen molar-refractivity contribution in [3.05, 3.63) is 57.1 Å². The van der Waals surface area contributed by atoms with Crippen LogP contribution in [0.5, 0.6) is 11.5 Å². The molecule has 3 N–H and O–H groups in total. The number of hydrogen-bond acceptors (Lipinski definition) is 8. The number of ketones is 3. The second-order valence-corrected chi connectivity index (χ2v) is 11.8. The van der Waals surface area contributed by atoms with Crippen LogP contribution < -0.4 is 0 Å². The van der Waals surface area contributed by atoms with Crippen LogP contribution in [0.4, 0.5) is 0 Å². The maximum atomic E-state index is 13.6. The first-order chi connectivity index (χ1) is 17.7. The highest BCUT2D eigenvalue weighted by atomic mass is 16.7. The average molecular weight is 523 g/mol. The number of ether oxygens (including phenoxy) is 2. The third-order valence-electron chi connectivity index (χ3n) is 9.29. The third-order valence-corrected chi connectivity index (χ3v) is 9.29. The Bertz CT molecular complexity index is 1380. The van der Waals surface area contributed by atoms with Gasteiger partial charge in [-0.05, 0) is 37.7 Å². The molecule has 1 aliphatic heterocycles. The van der Waals surface area contributed by atoms with E-state index in [1.807, 2.05) is 6.92 Å². The van der Waals surface area contributed by atoms with E-state index in [1.165, 1.54) is 13.0 Å². The molecule has 0 bridgehead atoms. The van der Waals surface area contributed by atoms with Crippen LogP contribution in [-0.4, -0.2) is 50.7 Å². The molecule has 8 heteroatoms. The molecule has 1 saturated heterocycles. The summed E-state index contributed by atoms with van der Waals surface area (Å²) in [5, 5.41) is 34.2. The molecule has 2 aliphatic carbocycles. The zero-order valence-electron chi connectivity index (χ0n) is 22.5. The predicted molar refractivity (Wildman–Crippen MR) is 137 cm³/mol. The maximum Gasteiger partial charge on any atom is 0.198 e. The van der Waals surface area contributed by atoms with Crippen LogP contribution in [0.3, 0.4) is 0 Å². The Kier molecular flexibility index (Phi) is 6.09. The number of hydrogen-bond donors (Lipinski definition) is 3. The number of phenolic OH excluding ortho intramolecular Hbond substituents is 2. The fourth-order valence-electron chi connectivity index (χ4n) is 6.06. The van der Waals surface area contributed by atoms with E-state index in [4.69, 9.17) is 9.47 Å². The van der Waals surface area contributed by atoms with Crippen molar-refractivity contribution in [2.24, 2.45) is 11.3 Å². The first-order valence-corrected chi connectivity index (χ1v) is 13.0. The van der Waals surface area contributed by atoms with Crippen LogP contribution in [0.15, 0.2) is 18.2 Å². The van der Waals surface area contributed by atoms with Crippen molar-refractivity contribution in [1.82, 2.24) is 0 Å². The number of aryl methyl sites for hydroxylation is 1. The van der Waals surface area contributed by atoms with Crippen molar-refractivity contribution in [3.63, 3.8) is 0 Å². The van der Waals surface area contributed by atoms with Crippen molar-refractivity contribution < 1.29 is 39.2 Å². The summed E-state index contributed by atoms with van der Waals surface area (Å²) in [6.45, 7) is 11.2. The van der Waals surface area contributed by atoms with Crippen molar-refractivity contribution in [2.45, 2.75) is 84.9 Å². The number of fused-ring (bicyclic) bond motifs is 3. The molecule has 2 aromatic carbocycles.